The number of anilines is 1. The number of aryl methyl sites for hydroxylation is 1. The number of hydrogen-bond donors (Lipinski definition) is 3. The second-order valence-corrected chi connectivity index (χ2v) is 5.88. The van der Waals surface area contributed by atoms with Crippen molar-refractivity contribution in [2.45, 2.75) is 6.92 Å². The molecule has 0 unspecified atom stereocenters. The van der Waals surface area contributed by atoms with Crippen LogP contribution in [0.2, 0.25) is 0 Å². The van der Waals surface area contributed by atoms with E-state index in [2.05, 4.69) is 10.4 Å². The molecule has 0 fully saturated rings. The summed E-state index contributed by atoms with van der Waals surface area (Å²) in [5, 5.41) is 25.7. The minimum Gasteiger partial charge on any atom is -0.508 e. The third-order valence-electron chi connectivity index (χ3n) is 3.71. The van der Waals surface area contributed by atoms with Gasteiger partial charge < -0.3 is 20.3 Å². The summed E-state index contributed by atoms with van der Waals surface area (Å²) in [7, 11) is 0. The molecule has 0 aliphatic rings. The fraction of sp³-hybridized carbons (Fsp3) is 0.105. The number of halogens is 1. The van der Waals surface area contributed by atoms with Crippen molar-refractivity contribution in [2.75, 3.05) is 11.9 Å². The number of aromatic hydroxyl groups is 2. The first kappa shape index (κ1) is 18.9. The van der Waals surface area contributed by atoms with Crippen molar-refractivity contribution in [3.05, 3.63) is 65.6 Å². The molecule has 144 valence electrons. The molecule has 28 heavy (non-hydrogen) atoms. The highest BCUT2D eigenvalue weighted by Crippen LogP contribution is 2.23. The van der Waals surface area contributed by atoms with E-state index in [1.807, 2.05) is 0 Å². The fourth-order valence-corrected chi connectivity index (χ4v) is 2.45. The molecular weight excluding hydrogens is 369 g/mol. The van der Waals surface area contributed by atoms with Gasteiger partial charge in [0.05, 0.1) is 11.4 Å². The zero-order valence-corrected chi connectivity index (χ0v) is 14.7. The molecule has 1 aromatic heterocycles. The summed E-state index contributed by atoms with van der Waals surface area (Å²) in [6, 6.07) is 10.5. The number of benzene rings is 2. The Morgan fingerprint density at radius 2 is 1.86 bits per heavy atom. The average molecular weight is 385 g/mol. The normalized spacial score (nSPS) is 10.5. The molecule has 9 heteroatoms. The number of nitrogens with zero attached hydrogens (tertiary/aromatic N) is 2. The van der Waals surface area contributed by atoms with E-state index < -0.39 is 30.1 Å². The molecule has 0 saturated carbocycles. The third-order valence-corrected chi connectivity index (χ3v) is 3.71. The first-order valence-electron chi connectivity index (χ1n) is 8.15. The molecule has 0 bridgehead atoms. The molecule has 1 amide bonds. The molecule has 3 aromatic rings. The summed E-state index contributed by atoms with van der Waals surface area (Å²) >= 11 is 0. The molecule has 0 spiro atoms. The van der Waals surface area contributed by atoms with Crippen molar-refractivity contribution < 1.29 is 28.9 Å². The van der Waals surface area contributed by atoms with Crippen molar-refractivity contribution >= 4 is 17.7 Å². The highest BCUT2D eigenvalue weighted by Gasteiger charge is 2.16. The minimum atomic E-state index is -0.920. The Morgan fingerprint density at radius 3 is 2.54 bits per heavy atom. The molecule has 0 aliphatic heterocycles. The van der Waals surface area contributed by atoms with Crippen molar-refractivity contribution in [3.8, 4) is 17.2 Å². The number of ether oxygens (including phenoxy) is 1. The van der Waals surface area contributed by atoms with Crippen molar-refractivity contribution in [1.82, 2.24) is 9.78 Å². The molecule has 1 heterocycles. The zero-order chi connectivity index (χ0) is 20.3. The van der Waals surface area contributed by atoms with E-state index in [1.165, 1.54) is 41.1 Å². The molecule has 2 aromatic carbocycles. The van der Waals surface area contributed by atoms with Crippen LogP contribution in [0, 0.1) is 12.7 Å². The minimum absolute atomic E-state index is 0.183. The first-order valence-corrected chi connectivity index (χ1v) is 8.15. The summed E-state index contributed by atoms with van der Waals surface area (Å²) in [4.78, 5) is 24.1. The maximum Gasteiger partial charge on any atom is 0.342 e. The lowest BCUT2D eigenvalue weighted by Gasteiger charge is -2.10. The van der Waals surface area contributed by atoms with Crippen LogP contribution in [0.3, 0.4) is 0 Å². The SMILES string of the molecule is Cc1cc(NC(=O)COC(=O)c2ccc(O)cc2O)n(-c2ccc(F)cc2)n1. The second-order valence-electron chi connectivity index (χ2n) is 5.88. The van der Waals surface area contributed by atoms with Crippen LogP contribution in [0.5, 0.6) is 11.5 Å². The maximum absolute atomic E-state index is 13.1. The fourth-order valence-electron chi connectivity index (χ4n) is 2.45. The van der Waals surface area contributed by atoms with E-state index in [1.54, 1.807) is 13.0 Å². The van der Waals surface area contributed by atoms with Gasteiger partial charge >= 0.3 is 5.97 Å². The van der Waals surface area contributed by atoms with Crippen LogP contribution in [0.1, 0.15) is 16.1 Å². The van der Waals surface area contributed by atoms with E-state index in [-0.39, 0.29) is 11.3 Å². The van der Waals surface area contributed by atoms with Gasteiger partial charge in [-0.3, -0.25) is 4.79 Å². The van der Waals surface area contributed by atoms with Crippen molar-refractivity contribution in [2.24, 2.45) is 0 Å². The number of esters is 1. The lowest BCUT2D eigenvalue weighted by molar-refractivity contribution is -0.119. The van der Waals surface area contributed by atoms with Crippen molar-refractivity contribution in [3.63, 3.8) is 0 Å². The van der Waals surface area contributed by atoms with E-state index in [0.717, 1.165) is 6.07 Å². The number of phenolic OH excluding ortho intramolecular Hbond substituents is 2. The largest absolute Gasteiger partial charge is 0.508 e. The van der Waals surface area contributed by atoms with Gasteiger partial charge in [0.1, 0.15) is 28.7 Å². The van der Waals surface area contributed by atoms with Gasteiger partial charge in [0.2, 0.25) is 0 Å². The van der Waals surface area contributed by atoms with Crippen LogP contribution in [0.15, 0.2) is 48.5 Å². The summed E-state index contributed by atoms with van der Waals surface area (Å²) in [5.74, 6) is -2.31. The van der Waals surface area contributed by atoms with Crippen LogP contribution in [-0.4, -0.2) is 38.5 Å². The topological polar surface area (TPSA) is 114 Å². The Balaban J connectivity index is 1.67. The van der Waals surface area contributed by atoms with Gasteiger partial charge in [-0.05, 0) is 43.3 Å². The number of rotatable bonds is 5. The van der Waals surface area contributed by atoms with Crippen LogP contribution < -0.4 is 5.32 Å². The van der Waals surface area contributed by atoms with E-state index >= 15 is 0 Å². The summed E-state index contributed by atoms with van der Waals surface area (Å²) in [6.07, 6.45) is 0. The van der Waals surface area contributed by atoms with Gasteiger partial charge in [-0.1, -0.05) is 0 Å². The van der Waals surface area contributed by atoms with Gasteiger partial charge in [0, 0.05) is 12.1 Å². The quantitative estimate of drug-likeness (QED) is 0.582. The predicted octanol–water partition coefficient (Wildman–Crippen LogP) is 2.53. The molecule has 0 atom stereocenters. The van der Waals surface area contributed by atoms with E-state index in [9.17, 15) is 24.2 Å². The third kappa shape index (κ3) is 4.26. The first-order chi connectivity index (χ1) is 13.3. The number of carbonyl (C=O) groups excluding carboxylic acids is 2. The van der Waals surface area contributed by atoms with Crippen molar-refractivity contribution in [1.29, 1.82) is 0 Å². The van der Waals surface area contributed by atoms with Crippen LogP contribution in [-0.2, 0) is 9.53 Å². The Morgan fingerprint density at radius 1 is 1.14 bits per heavy atom. The monoisotopic (exact) mass is 385 g/mol. The summed E-state index contributed by atoms with van der Waals surface area (Å²) < 4.78 is 19.4. The summed E-state index contributed by atoms with van der Waals surface area (Å²) in [5.41, 5.74) is 0.972. The summed E-state index contributed by atoms with van der Waals surface area (Å²) in [6.45, 7) is 1.12. The zero-order valence-electron chi connectivity index (χ0n) is 14.7. The molecule has 8 nitrogen and oxygen atoms in total. The molecule has 0 aliphatic carbocycles. The lowest BCUT2D eigenvalue weighted by Crippen LogP contribution is -2.22. The van der Waals surface area contributed by atoms with Crippen LogP contribution in [0.4, 0.5) is 10.2 Å². The van der Waals surface area contributed by atoms with Gasteiger partial charge in [0.25, 0.3) is 5.91 Å². The van der Waals surface area contributed by atoms with E-state index in [4.69, 9.17) is 4.74 Å². The number of nitrogens with one attached hydrogen (secondary N) is 1. The Labute approximate surface area is 158 Å². The number of hydrogen-bond acceptors (Lipinski definition) is 6. The molecular formula is C19H16FN3O5. The molecule has 3 N–H and O–H groups in total. The maximum atomic E-state index is 13.1. The number of phenols is 2. The lowest BCUT2D eigenvalue weighted by atomic mass is 10.2. The van der Waals surface area contributed by atoms with Gasteiger partial charge in [-0.2, -0.15) is 5.10 Å². The molecule has 3 rings (SSSR count). The Kier molecular flexibility index (Phi) is 5.25. The van der Waals surface area contributed by atoms with E-state index in [0.29, 0.717) is 17.2 Å². The number of amides is 1. The Bertz CT molecular complexity index is 1030. The highest BCUT2D eigenvalue weighted by atomic mass is 19.1. The molecule has 0 radical (unpaired) electrons. The predicted molar refractivity (Wildman–Crippen MR) is 96.9 cm³/mol. The van der Waals surface area contributed by atoms with Gasteiger partial charge in [0.15, 0.2) is 6.61 Å². The van der Waals surface area contributed by atoms with Gasteiger partial charge in [-0.25, -0.2) is 13.9 Å². The molecule has 0 saturated heterocycles. The second kappa shape index (κ2) is 7.78. The number of carbonyl (C=O) groups is 2. The Hall–Kier alpha value is -3.88. The highest BCUT2D eigenvalue weighted by molar-refractivity contribution is 5.96. The standard InChI is InChI=1S/C19H16FN3O5/c1-11-8-17(23(22-11)13-4-2-12(20)3-5-13)21-18(26)10-28-19(27)15-7-6-14(24)9-16(15)25/h2-9,24-25H,10H2,1H3,(H,21,26). The smallest absolute Gasteiger partial charge is 0.342 e. The van der Waals surface area contributed by atoms with Gasteiger partial charge in [-0.15, -0.1) is 0 Å². The van der Waals surface area contributed by atoms with Crippen LogP contribution in [0.25, 0.3) is 5.69 Å². The van der Waals surface area contributed by atoms with Crippen LogP contribution >= 0.6 is 0 Å². The average Bonchev–Trinajstić information content (AvgIpc) is 3.00. The number of aromatic nitrogens is 2.